The number of anilines is 1. The number of halogens is 1. The van der Waals surface area contributed by atoms with Gasteiger partial charge in [-0.15, -0.1) is 11.3 Å². The molecule has 0 spiro atoms. The molecule has 1 amide bonds. The number of thiazole rings is 1. The van der Waals surface area contributed by atoms with Gasteiger partial charge in [0, 0.05) is 22.5 Å². The minimum Gasteiger partial charge on any atom is -0.394 e. The normalized spacial score (nSPS) is 11.8. The Kier molecular flexibility index (Phi) is 7.03. The summed E-state index contributed by atoms with van der Waals surface area (Å²) in [4.78, 5) is 16.9. The van der Waals surface area contributed by atoms with Gasteiger partial charge in [-0.25, -0.2) is 4.98 Å². The van der Waals surface area contributed by atoms with Crippen LogP contribution in [-0.4, -0.2) is 28.6 Å². The van der Waals surface area contributed by atoms with Crippen LogP contribution in [0.4, 0.5) is 5.13 Å². The molecule has 146 valence electrons. The fraction of sp³-hybridized carbons (Fsp3) is 0.238. The Hall–Kier alpha value is -2.41. The molecule has 5 nitrogen and oxygen atoms in total. The SMILES string of the molecule is CCc1ccc(-c2csc(N[C@@H](CO)C(=O)NCc3cccc(Cl)c3)n2)cc1. The zero-order valence-corrected chi connectivity index (χ0v) is 17.1. The molecule has 0 fully saturated rings. The number of hydrogen-bond donors (Lipinski definition) is 3. The van der Waals surface area contributed by atoms with Crippen LogP contribution in [0.25, 0.3) is 11.3 Å². The summed E-state index contributed by atoms with van der Waals surface area (Å²) in [5.41, 5.74) is 4.03. The molecule has 1 atom stereocenters. The number of carbonyl (C=O) groups is 1. The number of aliphatic hydroxyl groups is 1. The van der Waals surface area contributed by atoms with Crippen molar-refractivity contribution in [3.8, 4) is 11.3 Å². The second-order valence-electron chi connectivity index (χ2n) is 6.32. The molecular weight excluding hydrogens is 394 g/mol. The standard InChI is InChI=1S/C21H22ClN3O2S/c1-2-14-6-8-16(9-7-14)19-13-28-21(25-19)24-18(12-26)20(27)23-11-15-4-3-5-17(22)10-15/h3-10,13,18,26H,2,11-12H2,1H3,(H,23,27)(H,24,25)/t18-/m0/s1. The van der Waals surface area contributed by atoms with Crippen molar-refractivity contribution in [2.24, 2.45) is 0 Å². The molecule has 0 saturated carbocycles. The van der Waals surface area contributed by atoms with Crippen LogP contribution < -0.4 is 10.6 Å². The molecule has 0 aliphatic rings. The van der Waals surface area contributed by atoms with Crippen molar-refractivity contribution in [2.75, 3.05) is 11.9 Å². The maximum atomic E-state index is 12.4. The van der Waals surface area contributed by atoms with Crippen LogP contribution in [-0.2, 0) is 17.8 Å². The van der Waals surface area contributed by atoms with Crippen molar-refractivity contribution < 1.29 is 9.90 Å². The van der Waals surface area contributed by atoms with E-state index in [2.05, 4.69) is 34.7 Å². The number of carbonyl (C=O) groups excluding carboxylic acids is 1. The molecule has 0 aliphatic carbocycles. The lowest BCUT2D eigenvalue weighted by Crippen LogP contribution is -2.41. The molecule has 2 aromatic carbocycles. The summed E-state index contributed by atoms with van der Waals surface area (Å²) in [6.07, 6.45) is 0.993. The highest BCUT2D eigenvalue weighted by Gasteiger charge is 2.18. The number of aromatic nitrogens is 1. The molecule has 1 heterocycles. The molecule has 3 aromatic rings. The Morgan fingerprint density at radius 2 is 2.00 bits per heavy atom. The summed E-state index contributed by atoms with van der Waals surface area (Å²) >= 11 is 7.36. The van der Waals surface area contributed by atoms with Crippen LogP contribution in [0, 0.1) is 0 Å². The molecule has 28 heavy (non-hydrogen) atoms. The summed E-state index contributed by atoms with van der Waals surface area (Å²) in [6, 6.07) is 14.8. The predicted molar refractivity (Wildman–Crippen MR) is 115 cm³/mol. The summed E-state index contributed by atoms with van der Waals surface area (Å²) in [5, 5.41) is 18.6. The smallest absolute Gasteiger partial charge is 0.245 e. The van der Waals surface area contributed by atoms with Gasteiger partial charge in [0.2, 0.25) is 5.91 Å². The van der Waals surface area contributed by atoms with Crippen molar-refractivity contribution >= 4 is 34.0 Å². The zero-order chi connectivity index (χ0) is 19.9. The van der Waals surface area contributed by atoms with E-state index < -0.39 is 6.04 Å². The molecule has 3 rings (SSSR count). The third kappa shape index (κ3) is 5.32. The Balaban J connectivity index is 1.60. The van der Waals surface area contributed by atoms with Crippen molar-refractivity contribution in [3.05, 3.63) is 70.1 Å². The van der Waals surface area contributed by atoms with E-state index in [0.29, 0.717) is 16.7 Å². The van der Waals surface area contributed by atoms with Crippen molar-refractivity contribution in [1.29, 1.82) is 0 Å². The van der Waals surface area contributed by atoms with E-state index in [9.17, 15) is 9.90 Å². The van der Waals surface area contributed by atoms with E-state index in [-0.39, 0.29) is 12.5 Å². The molecule has 0 radical (unpaired) electrons. The maximum Gasteiger partial charge on any atom is 0.245 e. The lowest BCUT2D eigenvalue weighted by atomic mass is 10.1. The minimum absolute atomic E-state index is 0.300. The third-order valence-corrected chi connectivity index (χ3v) is 5.32. The summed E-state index contributed by atoms with van der Waals surface area (Å²) < 4.78 is 0. The molecule has 0 saturated heterocycles. The van der Waals surface area contributed by atoms with Crippen molar-refractivity contribution in [1.82, 2.24) is 10.3 Å². The number of amides is 1. The van der Waals surface area contributed by atoms with Gasteiger partial charge in [0.15, 0.2) is 5.13 Å². The Labute approximate surface area is 173 Å². The van der Waals surface area contributed by atoms with Crippen molar-refractivity contribution in [2.45, 2.75) is 25.9 Å². The topological polar surface area (TPSA) is 74.2 Å². The lowest BCUT2D eigenvalue weighted by Gasteiger charge is -2.15. The molecule has 0 aliphatic heterocycles. The highest BCUT2D eigenvalue weighted by atomic mass is 35.5. The fourth-order valence-electron chi connectivity index (χ4n) is 2.69. The van der Waals surface area contributed by atoms with Gasteiger partial charge in [-0.1, -0.05) is 54.9 Å². The van der Waals surface area contributed by atoms with Gasteiger partial charge in [-0.2, -0.15) is 0 Å². The first-order valence-corrected chi connectivity index (χ1v) is 10.3. The summed E-state index contributed by atoms with van der Waals surface area (Å²) in [6.45, 7) is 2.12. The van der Waals surface area contributed by atoms with Crippen LogP contribution in [0.15, 0.2) is 53.9 Å². The van der Waals surface area contributed by atoms with Gasteiger partial charge in [-0.05, 0) is 29.7 Å². The highest BCUT2D eigenvalue weighted by molar-refractivity contribution is 7.14. The number of aliphatic hydroxyl groups excluding tert-OH is 1. The molecule has 3 N–H and O–H groups in total. The van der Waals surface area contributed by atoms with E-state index in [1.54, 1.807) is 12.1 Å². The van der Waals surface area contributed by atoms with Crippen LogP contribution in [0.2, 0.25) is 5.02 Å². The molecule has 7 heteroatoms. The highest BCUT2D eigenvalue weighted by Crippen LogP contribution is 2.25. The van der Waals surface area contributed by atoms with E-state index in [0.717, 1.165) is 23.2 Å². The number of benzene rings is 2. The molecular formula is C21H22ClN3O2S. The van der Waals surface area contributed by atoms with Crippen molar-refractivity contribution in [3.63, 3.8) is 0 Å². The van der Waals surface area contributed by atoms with Crippen LogP contribution >= 0.6 is 22.9 Å². The number of aryl methyl sites for hydroxylation is 1. The average Bonchev–Trinajstić information content (AvgIpc) is 3.19. The second kappa shape index (κ2) is 9.68. The number of rotatable bonds is 8. The molecule has 1 aromatic heterocycles. The van der Waals surface area contributed by atoms with Gasteiger partial charge in [0.1, 0.15) is 6.04 Å². The average molecular weight is 416 g/mol. The summed E-state index contributed by atoms with van der Waals surface area (Å²) in [7, 11) is 0. The van der Waals surface area contributed by atoms with E-state index in [1.165, 1.54) is 16.9 Å². The summed E-state index contributed by atoms with van der Waals surface area (Å²) in [5.74, 6) is -0.300. The lowest BCUT2D eigenvalue weighted by molar-refractivity contribution is -0.122. The fourth-order valence-corrected chi connectivity index (χ4v) is 3.67. The van der Waals surface area contributed by atoms with Crippen LogP contribution in [0.1, 0.15) is 18.1 Å². The number of nitrogens with one attached hydrogen (secondary N) is 2. The van der Waals surface area contributed by atoms with Gasteiger partial charge in [0.05, 0.1) is 12.3 Å². The first kappa shape index (κ1) is 20.3. The Morgan fingerprint density at radius 1 is 1.21 bits per heavy atom. The molecule has 0 bridgehead atoms. The van der Waals surface area contributed by atoms with Gasteiger partial charge < -0.3 is 15.7 Å². The maximum absolute atomic E-state index is 12.4. The zero-order valence-electron chi connectivity index (χ0n) is 15.5. The Morgan fingerprint density at radius 3 is 2.68 bits per heavy atom. The monoisotopic (exact) mass is 415 g/mol. The van der Waals surface area contributed by atoms with Gasteiger partial charge in [0.25, 0.3) is 0 Å². The van der Waals surface area contributed by atoms with Gasteiger partial charge >= 0.3 is 0 Å². The quantitative estimate of drug-likeness (QED) is 0.517. The minimum atomic E-state index is -0.777. The third-order valence-electron chi connectivity index (χ3n) is 4.31. The first-order chi connectivity index (χ1) is 13.6. The largest absolute Gasteiger partial charge is 0.394 e. The van der Waals surface area contributed by atoms with Crippen LogP contribution in [0.3, 0.4) is 0 Å². The van der Waals surface area contributed by atoms with Gasteiger partial charge in [-0.3, -0.25) is 4.79 Å². The first-order valence-electron chi connectivity index (χ1n) is 9.03. The van der Waals surface area contributed by atoms with E-state index in [1.807, 2.05) is 29.6 Å². The second-order valence-corrected chi connectivity index (χ2v) is 7.61. The Bertz CT molecular complexity index is 927. The number of nitrogens with zero attached hydrogens (tertiary/aromatic N) is 1. The van der Waals surface area contributed by atoms with E-state index >= 15 is 0 Å². The number of hydrogen-bond acceptors (Lipinski definition) is 5. The molecule has 0 unspecified atom stereocenters. The predicted octanol–water partition coefficient (Wildman–Crippen LogP) is 4.12. The van der Waals surface area contributed by atoms with E-state index in [4.69, 9.17) is 11.6 Å². The van der Waals surface area contributed by atoms with Crippen LogP contribution in [0.5, 0.6) is 0 Å².